The molecule has 0 saturated heterocycles. The standard InChI is InChI=1S/C22H14O10/c23-17-5-9(1-3-11(17)19(25)26)13-7-16(22(31)32)14(8-15(13)21(29)30)10-2-4-12(20(27)28)18(24)6-10/h1-8,23-24H,(H,25,26)(H,27,28)(H,29,30)(H,31,32). The van der Waals surface area contributed by atoms with Crippen LogP contribution in [-0.4, -0.2) is 54.5 Å². The van der Waals surface area contributed by atoms with E-state index in [1.165, 1.54) is 12.1 Å². The smallest absolute Gasteiger partial charge is 0.339 e. The zero-order valence-corrected chi connectivity index (χ0v) is 15.9. The lowest BCUT2D eigenvalue weighted by molar-refractivity contribution is 0.0682. The fourth-order valence-electron chi connectivity index (χ4n) is 3.19. The lowest BCUT2D eigenvalue weighted by Gasteiger charge is -2.14. The molecule has 10 nitrogen and oxygen atoms in total. The molecule has 3 aromatic carbocycles. The van der Waals surface area contributed by atoms with Crippen LogP contribution in [0.25, 0.3) is 22.3 Å². The summed E-state index contributed by atoms with van der Waals surface area (Å²) in [6.07, 6.45) is 0. The first-order valence-electron chi connectivity index (χ1n) is 8.79. The first-order valence-corrected chi connectivity index (χ1v) is 8.79. The van der Waals surface area contributed by atoms with E-state index in [1.54, 1.807) is 0 Å². The number of phenols is 2. The fraction of sp³-hybridized carbons (Fsp3) is 0. The summed E-state index contributed by atoms with van der Waals surface area (Å²) in [4.78, 5) is 46.0. The third-order valence-electron chi connectivity index (χ3n) is 4.70. The molecule has 0 atom stereocenters. The van der Waals surface area contributed by atoms with Crippen molar-refractivity contribution in [2.75, 3.05) is 0 Å². The number of aromatic hydroxyl groups is 2. The highest BCUT2D eigenvalue weighted by Gasteiger charge is 2.22. The molecule has 0 heterocycles. The maximum Gasteiger partial charge on any atom is 0.339 e. The van der Waals surface area contributed by atoms with E-state index in [4.69, 9.17) is 10.2 Å². The third kappa shape index (κ3) is 3.92. The van der Waals surface area contributed by atoms with Crippen molar-refractivity contribution in [3.8, 4) is 33.8 Å². The Morgan fingerprint density at radius 3 is 1.03 bits per heavy atom. The van der Waals surface area contributed by atoms with Crippen molar-refractivity contribution in [2.24, 2.45) is 0 Å². The van der Waals surface area contributed by atoms with E-state index in [0.717, 1.165) is 36.4 Å². The van der Waals surface area contributed by atoms with Gasteiger partial charge in [0.2, 0.25) is 0 Å². The van der Waals surface area contributed by atoms with E-state index in [2.05, 4.69) is 0 Å². The lowest BCUT2D eigenvalue weighted by Crippen LogP contribution is -2.07. The summed E-state index contributed by atoms with van der Waals surface area (Å²) >= 11 is 0. The minimum atomic E-state index is -1.44. The van der Waals surface area contributed by atoms with Gasteiger partial charge in [-0.2, -0.15) is 0 Å². The van der Waals surface area contributed by atoms with Crippen molar-refractivity contribution in [1.29, 1.82) is 0 Å². The predicted octanol–water partition coefficient (Wildman–Crippen LogP) is 3.22. The molecule has 0 aromatic heterocycles. The Kier molecular flexibility index (Phi) is 5.53. The summed E-state index contributed by atoms with van der Waals surface area (Å²) in [5, 5.41) is 57.3. The first kappa shape index (κ1) is 21.8. The number of rotatable bonds is 6. The number of carbonyl (C=O) groups is 4. The summed E-state index contributed by atoms with van der Waals surface area (Å²) in [6.45, 7) is 0. The number of hydrogen-bond donors (Lipinski definition) is 6. The number of carboxylic acid groups (broad SMARTS) is 4. The predicted molar refractivity (Wildman–Crippen MR) is 108 cm³/mol. The zero-order valence-electron chi connectivity index (χ0n) is 15.9. The van der Waals surface area contributed by atoms with Crippen LogP contribution in [0.5, 0.6) is 11.5 Å². The largest absolute Gasteiger partial charge is 0.507 e. The number of benzene rings is 3. The molecule has 0 aliphatic carbocycles. The molecule has 32 heavy (non-hydrogen) atoms. The van der Waals surface area contributed by atoms with Crippen LogP contribution in [-0.2, 0) is 0 Å². The molecule has 3 aromatic rings. The minimum absolute atomic E-state index is 0.0584. The molecule has 0 saturated carbocycles. The van der Waals surface area contributed by atoms with Gasteiger partial charge in [0.15, 0.2) is 0 Å². The molecule has 3 rings (SSSR count). The zero-order chi connectivity index (χ0) is 23.7. The van der Waals surface area contributed by atoms with Gasteiger partial charge in [0.05, 0.1) is 11.1 Å². The second-order valence-corrected chi connectivity index (χ2v) is 6.63. The summed E-state index contributed by atoms with van der Waals surface area (Å²) in [6, 6.07) is 8.64. The highest BCUT2D eigenvalue weighted by Crippen LogP contribution is 2.36. The second kappa shape index (κ2) is 8.11. The van der Waals surface area contributed by atoms with E-state index < -0.39 is 46.5 Å². The fourth-order valence-corrected chi connectivity index (χ4v) is 3.19. The van der Waals surface area contributed by atoms with Gasteiger partial charge in [-0.3, -0.25) is 0 Å². The van der Waals surface area contributed by atoms with Crippen molar-refractivity contribution >= 4 is 23.9 Å². The van der Waals surface area contributed by atoms with Crippen molar-refractivity contribution < 1.29 is 49.8 Å². The molecular weight excluding hydrogens is 424 g/mol. The van der Waals surface area contributed by atoms with Gasteiger partial charge in [-0.05, 0) is 58.7 Å². The van der Waals surface area contributed by atoms with Gasteiger partial charge in [0, 0.05) is 0 Å². The van der Waals surface area contributed by atoms with Crippen LogP contribution in [0.15, 0.2) is 48.5 Å². The molecule has 0 spiro atoms. The van der Waals surface area contributed by atoms with Crippen LogP contribution in [0, 0.1) is 0 Å². The highest BCUT2D eigenvalue weighted by molar-refractivity contribution is 6.05. The van der Waals surface area contributed by atoms with Crippen LogP contribution < -0.4 is 0 Å². The normalized spacial score (nSPS) is 10.5. The van der Waals surface area contributed by atoms with Crippen LogP contribution in [0.3, 0.4) is 0 Å². The molecule has 0 bridgehead atoms. The van der Waals surface area contributed by atoms with E-state index >= 15 is 0 Å². The summed E-state index contributed by atoms with van der Waals surface area (Å²) in [7, 11) is 0. The summed E-state index contributed by atoms with van der Waals surface area (Å²) < 4.78 is 0. The lowest BCUT2D eigenvalue weighted by atomic mass is 9.90. The Balaban J connectivity index is 2.28. The summed E-state index contributed by atoms with van der Waals surface area (Å²) in [5.74, 6) is -6.96. The SMILES string of the molecule is O=C(O)c1ccc(-c2cc(C(=O)O)c(-c3ccc(C(=O)O)c(O)c3)cc2C(=O)O)cc1O. The van der Waals surface area contributed by atoms with Crippen LogP contribution in [0.4, 0.5) is 0 Å². The Labute approximate surface area is 178 Å². The van der Waals surface area contributed by atoms with Crippen LogP contribution in [0.2, 0.25) is 0 Å². The summed E-state index contributed by atoms with van der Waals surface area (Å²) in [5.41, 5.74) is -1.66. The van der Waals surface area contributed by atoms with Gasteiger partial charge in [0.25, 0.3) is 0 Å². The van der Waals surface area contributed by atoms with Crippen LogP contribution >= 0.6 is 0 Å². The monoisotopic (exact) mass is 438 g/mol. The minimum Gasteiger partial charge on any atom is -0.507 e. The van der Waals surface area contributed by atoms with Gasteiger partial charge >= 0.3 is 23.9 Å². The molecule has 0 unspecified atom stereocenters. The maximum atomic E-state index is 11.9. The topological polar surface area (TPSA) is 190 Å². The molecular formula is C22H14O10. The number of aromatic carboxylic acids is 4. The molecule has 0 aliphatic rings. The van der Waals surface area contributed by atoms with E-state index in [1.807, 2.05) is 0 Å². The van der Waals surface area contributed by atoms with Gasteiger partial charge < -0.3 is 30.6 Å². The first-order chi connectivity index (χ1) is 15.0. The van der Waals surface area contributed by atoms with E-state index in [9.17, 15) is 39.6 Å². The Hall–Kier alpha value is -4.86. The highest BCUT2D eigenvalue weighted by atomic mass is 16.4. The quantitative estimate of drug-likeness (QED) is 0.333. The molecule has 10 heteroatoms. The Morgan fingerprint density at radius 1 is 0.469 bits per heavy atom. The third-order valence-corrected chi connectivity index (χ3v) is 4.70. The molecule has 6 N–H and O–H groups in total. The van der Waals surface area contributed by atoms with Crippen molar-refractivity contribution in [2.45, 2.75) is 0 Å². The van der Waals surface area contributed by atoms with E-state index in [-0.39, 0.29) is 33.4 Å². The molecule has 0 aliphatic heterocycles. The van der Waals surface area contributed by atoms with Gasteiger partial charge in [-0.15, -0.1) is 0 Å². The molecule has 162 valence electrons. The number of hydrogen-bond acceptors (Lipinski definition) is 6. The molecule has 0 amide bonds. The van der Waals surface area contributed by atoms with Crippen molar-refractivity contribution in [1.82, 2.24) is 0 Å². The Morgan fingerprint density at radius 2 is 0.781 bits per heavy atom. The second-order valence-electron chi connectivity index (χ2n) is 6.63. The van der Waals surface area contributed by atoms with Gasteiger partial charge in [0.1, 0.15) is 22.6 Å². The average molecular weight is 438 g/mol. The van der Waals surface area contributed by atoms with Gasteiger partial charge in [-0.1, -0.05) is 12.1 Å². The van der Waals surface area contributed by atoms with Crippen LogP contribution in [0.1, 0.15) is 41.4 Å². The maximum absolute atomic E-state index is 11.9. The Bertz CT molecular complexity index is 1210. The van der Waals surface area contributed by atoms with Crippen molar-refractivity contribution in [3.05, 3.63) is 70.8 Å². The number of carboxylic acids is 4. The van der Waals surface area contributed by atoms with Crippen molar-refractivity contribution in [3.63, 3.8) is 0 Å². The molecule has 0 fully saturated rings. The van der Waals surface area contributed by atoms with E-state index in [0.29, 0.717) is 0 Å². The molecule has 0 radical (unpaired) electrons. The average Bonchev–Trinajstić information content (AvgIpc) is 2.71. The van der Waals surface area contributed by atoms with Gasteiger partial charge in [-0.25, -0.2) is 19.2 Å².